The molecule has 0 saturated heterocycles. The zero-order valence-electron chi connectivity index (χ0n) is 8.05. The van der Waals surface area contributed by atoms with Gasteiger partial charge in [-0.3, -0.25) is 4.79 Å². The van der Waals surface area contributed by atoms with Gasteiger partial charge in [-0.15, -0.1) is 0 Å². The van der Waals surface area contributed by atoms with Crippen LogP contribution in [0.15, 0.2) is 0 Å². The molecule has 1 saturated carbocycles. The van der Waals surface area contributed by atoms with E-state index in [1.165, 1.54) is 0 Å². The third-order valence-electron chi connectivity index (χ3n) is 2.36. The summed E-state index contributed by atoms with van der Waals surface area (Å²) in [5.74, 6) is -0.0319. The minimum atomic E-state index is -0.381. The van der Waals surface area contributed by atoms with E-state index in [-0.39, 0.29) is 11.9 Å². The minimum Gasteiger partial charge on any atom is -0.352 e. The highest BCUT2D eigenvalue weighted by Gasteiger charge is 2.36. The van der Waals surface area contributed by atoms with Gasteiger partial charge in [0, 0.05) is 6.04 Å². The van der Waals surface area contributed by atoms with Crippen LogP contribution in [0.25, 0.3) is 0 Å². The van der Waals surface area contributed by atoms with Gasteiger partial charge in [-0.25, -0.2) is 0 Å². The summed E-state index contributed by atoms with van der Waals surface area (Å²) in [4.78, 5) is 11.1. The van der Waals surface area contributed by atoms with Crippen molar-refractivity contribution in [1.82, 2.24) is 5.32 Å². The molecule has 0 aromatic rings. The third kappa shape index (κ3) is 2.21. The first-order valence-electron chi connectivity index (χ1n) is 4.47. The van der Waals surface area contributed by atoms with Crippen molar-refractivity contribution in [1.29, 1.82) is 0 Å². The average Bonchev–Trinajstić information content (AvgIpc) is 1.83. The Morgan fingerprint density at radius 2 is 2.08 bits per heavy atom. The van der Waals surface area contributed by atoms with Crippen molar-refractivity contribution in [2.45, 2.75) is 45.7 Å². The summed E-state index contributed by atoms with van der Waals surface area (Å²) in [6.45, 7) is 6.13. The Hall–Kier alpha value is -0.570. The summed E-state index contributed by atoms with van der Waals surface area (Å²) in [6.07, 6.45) is 2.15. The van der Waals surface area contributed by atoms with Crippen molar-refractivity contribution in [3.05, 3.63) is 0 Å². The molecule has 70 valence electrons. The Morgan fingerprint density at radius 3 is 2.42 bits per heavy atom. The van der Waals surface area contributed by atoms with E-state index in [0.29, 0.717) is 11.5 Å². The fraction of sp³-hybridized carbons (Fsp3) is 0.889. The van der Waals surface area contributed by atoms with Gasteiger partial charge >= 0.3 is 0 Å². The second kappa shape index (κ2) is 3.05. The summed E-state index contributed by atoms with van der Waals surface area (Å²) in [5, 5.41) is 2.91. The molecule has 1 amide bonds. The van der Waals surface area contributed by atoms with Gasteiger partial charge in [-0.05, 0) is 25.2 Å². The molecule has 0 aliphatic heterocycles. The number of hydrogen-bond donors (Lipinski definition) is 2. The van der Waals surface area contributed by atoms with Gasteiger partial charge < -0.3 is 11.1 Å². The average molecular weight is 170 g/mol. The molecule has 0 radical (unpaired) electrons. The first-order chi connectivity index (χ1) is 5.41. The molecule has 1 aliphatic carbocycles. The Labute approximate surface area is 73.7 Å². The van der Waals surface area contributed by atoms with Crippen LogP contribution in [0, 0.1) is 5.41 Å². The second-order valence-electron chi connectivity index (χ2n) is 4.57. The minimum absolute atomic E-state index is 0.0319. The number of nitrogens with two attached hydrogens (primary N) is 1. The Morgan fingerprint density at radius 1 is 1.58 bits per heavy atom. The molecule has 3 nitrogen and oxygen atoms in total. The lowest BCUT2D eigenvalue weighted by atomic mass is 9.68. The fourth-order valence-electron chi connectivity index (χ4n) is 1.71. The molecule has 1 rings (SSSR count). The number of hydrogen-bond acceptors (Lipinski definition) is 2. The van der Waals surface area contributed by atoms with Gasteiger partial charge in [0.05, 0.1) is 6.04 Å². The molecule has 3 heteroatoms. The molecular formula is C9H18N2O. The molecule has 1 aliphatic rings. The van der Waals surface area contributed by atoms with Gasteiger partial charge in [0.15, 0.2) is 0 Å². The predicted octanol–water partition coefficient (Wildman–Crippen LogP) is 0.638. The monoisotopic (exact) mass is 170 g/mol. The quantitative estimate of drug-likeness (QED) is 0.639. The standard InChI is InChI=1S/C9H18N2O/c1-6(10)8(12)11-7-4-9(2,3)5-7/h6-7H,4-5,10H2,1-3H3,(H,11,12). The number of nitrogens with one attached hydrogen (secondary N) is 1. The maximum absolute atomic E-state index is 11.1. The van der Waals surface area contributed by atoms with Crippen molar-refractivity contribution >= 4 is 5.91 Å². The van der Waals surface area contributed by atoms with E-state index in [1.807, 2.05) is 0 Å². The molecule has 1 unspecified atom stereocenters. The van der Waals surface area contributed by atoms with E-state index in [1.54, 1.807) is 6.92 Å². The fourth-order valence-corrected chi connectivity index (χ4v) is 1.71. The van der Waals surface area contributed by atoms with Crippen molar-refractivity contribution in [2.75, 3.05) is 0 Å². The Bertz CT molecular complexity index is 179. The lowest BCUT2D eigenvalue weighted by Crippen LogP contribution is -2.51. The first-order valence-corrected chi connectivity index (χ1v) is 4.47. The van der Waals surface area contributed by atoms with Crippen LogP contribution in [-0.2, 0) is 4.79 Å². The molecular weight excluding hydrogens is 152 g/mol. The molecule has 3 N–H and O–H groups in total. The molecule has 0 aromatic heterocycles. The number of rotatable bonds is 2. The van der Waals surface area contributed by atoms with Gasteiger partial charge in [0.1, 0.15) is 0 Å². The van der Waals surface area contributed by atoms with E-state index in [0.717, 1.165) is 12.8 Å². The van der Waals surface area contributed by atoms with Gasteiger partial charge in [0.2, 0.25) is 5.91 Å². The van der Waals surface area contributed by atoms with E-state index in [4.69, 9.17) is 5.73 Å². The topological polar surface area (TPSA) is 55.1 Å². The highest BCUT2D eigenvalue weighted by Crippen LogP contribution is 2.39. The van der Waals surface area contributed by atoms with Crippen molar-refractivity contribution in [2.24, 2.45) is 11.1 Å². The number of amides is 1. The number of carbonyl (C=O) groups is 1. The van der Waals surface area contributed by atoms with Gasteiger partial charge in [-0.1, -0.05) is 13.8 Å². The summed E-state index contributed by atoms with van der Waals surface area (Å²) in [6, 6.07) is -0.0211. The largest absolute Gasteiger partial charge is 0.352 e. The molecule has 0 bridgehead atoms. The van der Waals surface area contributed by atoms with E-state index < -0.39 is 0 Å². The zero-order chi connectivity index (χ0) is 9.35. The van der Waals surface area contributed by atoms with Crippen LogP contribution >= 0.6 is 0 Å². The molecule has 0 spiro atoms. The van der Waals surface area contributed by atoms with E-state index in [2.05, 4.69) is 19.2 Å². The van der Waals surface area contributed by atoms with Crippen LogP contribution < -0.4 is 11.1 Å². The lowest BCUT2D eigenvalue weighted by molar-refractivity contribution is -0.124. The predicted molar refractivity (Wildman–Crippen MR) is 48.6 cm³/mol. The first kappa shape index (κ1) is 9.52. The molecule has 12 heavy (non-hydrogen) atoms. The van der Waals surface area contributed by atoms with Crippen LogP contribution in [-0.4, -0.2) is 18.0 Å². The maximum atomic E-state index is 11.1. The van der Waals surface area contributed by atoms with Crippen LogP contribution in [0.4, 0.5) is 0 Å². The van der Waals surface area contributed by atoms with Crippen LogP contribution in [0.5, 0.6) is 0 Å². The van der Waals surface area contributed by atoms with Crippen molar-refractivity contribution in [3.8, 4) is 0 Å². The normalized spacial score (nSPS) is 24.3. The van der Waals surface area contributed by atoms with Crippen molar-refractivity contribution < 1.29 is 4.79 Å². The summed E-state index contributed by atoms with van der Waals surface area (Å²) in [7, 11) is 0. The Kier molecular flexibility index (Phi) is 2.42. The van der Waals surface area contributed by atoms with Gasteiger partial charge in [0.25, 0.3) is 0 Å². The SMILES string of the molecule is CC(N)C(=O)NC1CC(C)(C)C1. The summed E-state index contributed by atoms with van der Waals surface area (Å²) >= 11 is 0. The second-order valence-corrected chi connectivity index (χ2v) is 4.57. The molecule has 0 aromatic carbocycles. The Balaban J connectivity index is 2.23. The highest BCUT2D eigenvalue weighted by atomic mass is 16.2. The van der Waals surface area contributed by atoms with E-state index in [9.17, 15) is 4.79 Å². The van der Waals surface area contributed by atoms with E-state index >= 15 is 0 Å². The molecule has 0 heterocycles. The molecule has 1 fully saturated rings. The molecule has 1 atom stereocenters. The lowest BCUT2D eigenvalue weighted by Gasteiger charge is -2.43. The van der Waals surface area contributed by atoms with Crippen LogP contribution in [0.1, 0.15) is 33.6 Å². The zero-order valence-corrected chi connectivity index (χ0v) is 8.05. The van der Waals surface area contributed by atoms with Gasteiger partial charge in [-0.2, -0.15) is 0 Å². The maximum Gasteiger partial charge on any atom is 0.236 e. The van der Waals surface area contributed by atoms with Crippen LogP contribution in [0.2, 0.25) is 0 Å². The summed E-state index contributed by atoms with van der Waals surface area (Å²) < 4.78 is 0. The van der Waals surface area contributed by atoms with Crippen LogP contribution in [0.3, 0.4) is 0 Å². The highest BCUT2D eigenvalue weighted by molar-refractivity contribution is 5.81. The number of carbonyl (C=O) groups excluding carboxylic acids is 1. The van der Waals surface area contributed by atoms with Crippen molar-refractivity contribution in [3.63, 3.8) is 0 Å². The smallest absolute Gasteiger partial charge is 0.236 e. The third-order valence-corrected chi connectivity index (χ3v) is 2.36. The summed E-state index contributed by atoms with van der Waals surface area (Å²) in [5.41, 5.74) is 5.83.